The van der Waals surface area contributed by atoms with Crippen molar-refractivity contribution in [3.63, 3.8) is 0 Å². The third kappa shape index (κ3) is 2.53. The summed E-state index contributed by atoms with van der Waals surface area (Å²) >= 11 is 0. The molecule has 3 nitrogen and oxygen atoms in total. The van der Waals surface area contributed by atoms with E-state index in [-0.39, 0.29) is 28.3 Å². The van der Waals surface area contributed by atoms with E-state index in [9.17, 15) is 15.0 Å². The number of carboxylic acid groups (broad SMARTS) is 1. The molecule has 0 aromatic heterocycles. The molecule has 0 aromatic rings. The molecular formula is C28H40O3. The minimum absolute atomic E-state index is 0.0442. The largest absolute Gasteiger partial charge is 0.481 e. The van der Waals surface area contributed by atoms with Crippen molar-refractivity contribution >= 4 is 5.97 Å². The van der Waals surface area contributed by atoms with Crippen molar-refractivity contribution in [1.82, 2.24) is 0 Å². The van der Waals surface area contributed by atoms with Crippen molar-refractivity contribution in [3.8, 4) is 0 Å². The summed E-state index contributed by atoms with van der Waals surface area (Å²) in [5.41, 5.74) is 3.51. The van der Waals surface area contributed by atoms with Crippen molar-refractivity contribution in [2.75, 3.05) is 0 Å². The number of fused-ring (bicyclic) bond motifs is 7. The highest BCUT2D eigenvalue weighted by atomic mass is 16.4. The zero-order valence-electron chi connectivity index (χ0n) is 19.7. The third-order valence-corrected chi connectivity index (χ3v) is 11.6. The van der Waals surface area contributed by atoms with Gasteiger partial charge in [0.05, 0.1) is 11.5 Å². The summed E-state index contributed by atoms with van der Waals surface area (Å²) in [7, 11) is 0. The number of aliphatic hydroxyl groups is 1. The molecule has 0 radical (unpaired) electrons. The number of aliphatic carboxylic acids is 1. The summed E-state index contributed by atoms with van der Waals surface area (Å²) in [5.74, 6) is 0.481. The van der Waals surface area contributed by atoms with Crippen LogP contribution in [0.2, 0.25) is 0 Å². The summed E-state index contributed by atoms with van der Waals surface area (Å²) in [4.78, 5) is 12.6. The Labute approximate surface area is 187 Å². The predicted octanol–water partition coefficient (Wildman–Crippen LogP) is 6.29. The summed E-state index contributed by atoms with van der Waals surface area (Å²) in [6.45, 7) is 16.1. The lowest BCUT2D eigenvalue weighted by atomic mass is 9.35. The van der Waals surface area contributed by atoms with E-state index in [0.29, 0.717) is 11.8 Å². The fraction of sp³-hybridized carbons (Fsp3) is 0.750. The molecule has 0 unspecified atom stereocenters. The number of rotatable bonds is 1. The highest BCUT2D eigenvalue weighted by Gasteiger charge is 2.67. The molecule has 8 atom stereocenters. The quantitative estimate of drug-likeness (QED) is 0.486. The lowest BCUT2D eigenvalue weighted by Gasteiger charge is -2.69. The molecule has 3 heteroatoms. The SMILES string of the molecule is C=C1CC[C@]2(C(=O)O)CC[C@]3(C)C(=CC[C@@H]4[C@@]5(C)CC[C@H](O)C(=C)[C@@H]5CC[C@]43C)[C@@H]2C1. The van der Waals surface area contributed by atoms with Gasteiger partial charge in [-0.2, -0.15) is 0 Å². The predicted molar refractivity (Wildman–Crippen MR) is 123 cm³/mol. The van der Waals surface area contributed by atoms with Gasteiger partial charge in [-0.3, -0.25) is 4.79 Å². The minimum Gasteiger partial charge on any atom is -0.481 e. The molecule has 4 fully saturated rings. The minimum atomic E-state index is -0.597. The van der Waals surface area contributed by atoms with Crippen LogP contribution in [0.25, 0.3) is 0 Å². The van der Waals surface area contributed by atoms with Gasteiger partial charge in [0.2, 0.25) is 0 Å². The van der Waals surface area contributed by atoms with Gasteiger partial charge in [-0.15, -0.1) is 0 Å². The maximum atomic E-state index is 12.6. The molecule has 0 spiro atoms. The average Bonchev–Trinajstić information content (AvgIpc) is 2.71. The van der Waals surface area contributed by atoms with E-state index in [1.165, 1.54) is 11.1 Å². The second kappa shape index (κ2) is 6.59. The molecule has 170 valence electrons. The van der Waals surface area contributed by atoms with Gasteiger partial charge in [-0.05, 0) is 97.9 Å². The van der Waals surface area contributed by atoms with Crippen LogP contribution in [-0.4, -0.2) is 22.3 Å². The summed E-state index contributed by atoms with van der Waals surface area (Å²) in [5, 5.41) is 20.8. The van der Waals surface area contributed by atoms with E-state index in [1.807, 2.05) is 0 Å². The Morgan fingerprint density at radius 3 is 2.48 bits per heavy atom. The zero-order valence-corrected chi connectivity index (χ0v) is 19.7. The van der Waals surface area contributed by atoms with Crippen LogP contribution in [0.15, 0.2) is 36.0 Å². The Hall–Kier alpha value is -1.35. The van der Waals surface area contributed by atoms with Crippen molar-refractivity contribution in [2.45, 2.75) is 91.1 Å². The lowest BCUT2D eigenvalue weighted by Crippen LogP contribution is -2.62. The Morgan fingerprint density at radius 2 is 1.77 bits per heavy atom. The first-order valence-electron chi connectivity index (χ1n) is 12.5. The molecule has 0 aromatic carbocycles. The number of allylic oxidation sites excluding steroid dienone is 3. The Balaban J connectivity index is 1.59. The van der Waals surface area contributed by atoms with Crippen LogP contribution in [0, 0.1) is 39.4 Å². The molecule has 5 aliphatic carbocycles. The maximum absolute atomic E-state index is 12.6. The topological polar surface area (TPSA) is 57.5 Å². The van der Waals surface area contributed by atoms with E-state index < -0.39 is 11.4 Å². The van der Waals surface area contributed by atoms with Gasteiger partial charge >= 0.3 is 5.97 Å². The van der Waals surface area contributed by atoms with Crippen LogP contribution < -0.4 is 0 Å². The molecule has 0 amide bonds. The van der Waals surface area contributed by atoms with Gasteiger partial charge in [0.1, 0.15) is 0 Å². The third-order valence-electron chi connectivity index (χ3n) is 11.6. The maximum Gasteiger partial charge on any atom is 0.310 e. The van der Waals surface area contributed by atoms with Crippen LogP contribution >= 0.6 is 0 Å². The molecule has 31 heavy (non-hydrogen) atoms. The first kappa shape index (κ1) is 21.5. The molecular weight excluding hydrogens is 384 g/mol. The Bertz CT molecular complexity index is 885. The number of carboxylic acids is 1. The summed E-state index contributed by atoms with van der Waals surface area (Å²) < 4.78 is 0. The van der Waals surface area contributed by atoms with Crippen molar-refractivity contribution in [1.29, 1.82) is 0 Å². The van der Waals surface area contributed by atoms with Gasteiger partial charge in [-0.1, -0.05) is 51.2 Å². The number of carbonyl (C=O) groups is 1. The van der Waals surface area contributed by atoms with Crippen LogP contribution in [0.3, 0.4) is 0 Å². The zero-order chi connectivity index (χ0) is 22.4. The smallest absolute Gasteiger partial charge is 0.310 e. The van der Waals surface area contributed by atoms with E-state index >= 15 is 0 Å². The first-order chi connectivity index (χ1) is 14.5. The number of aliphatic hydroxyl groups excluding tert-OH is 1. The van der Waals surface area contributed by atoms with Gasteiger partial charge in [0.15, 0.2) is 0 Å². The molecule has 4 saturated carbocycles. The van der Waals surface area contributed by atoms with Gasteiger partial charge < -0.3 is 10.2 Å². The molecule has 0 heterocycles. The van der Waals surface area contributed by atoms with E-state index in [4.69, 9.17) is 0 Å². The second-order valence-electron chi connectivity index (χ2n) is 12.4. The fourth-order valence-electron chi connectivity index (χ4n) is 9.39. The van der Waals surface area contributed by atoms with Crippen LogP contribution in [0.1, 0.15) is 85.0 Å². The molecule has 0 saturated heterocycles. The van der Waals surface area contributed by atoms with Gasteiger partial charge in [-0.25, -0.2) is 0 Å². The highest BCUT2D eigenvalue weighted by molar-refractivity contribution is 5.77. The van der Waals surface area contributed by atoms with Gasteiger partial charge in [0.25, 0.3) is 0 Å². The molecule has 0 bridgehead atoms. The van der Waals surface area contributed by atoms with Crippen LogP contribution in [-0.2, 0) is 4.79 Å². The van der Waals surface area contributed by atoms with Crippen molar-refractivity contribution < 1.29 is 15.0 Å². The van der Waals surface area contributed by atoms with E-state index in [0.717, 1.165) is 69.8 Å². The number of hydrogen-bond donors (Lipinski definition) is 2. The monoisotopic (exact) mass is 424 g/mol. The Morgan fingerprint density at radius 1 is 1.03 bits per heavy atom. The van der Waals surface area contributed by atoms with Crippen LogP contribution in [0.5, 0.6) is 0 Å². The van der Waals surface area contributed by atoms with E-state index in [1.54, 1.807) is 0 Å². The second-order valence-corrected chi connectivity index (χ2v) is 12.4. The number of hydrogen-bond acceptors (Lipinski definition) is 2. The molecule has 5 aliphatic rings. The van der Waals surface area contributed by atoms with Gasteiger partial charge in [0, 0.05) is 5.92 Å². The molecule has 2 N–H and O–H groups in total. The average molecular weight is 425 g/mol. The van der Waals surface area contributed by atoms with E-state index in [2.05, 4.69) is 40.0 Å². The fourth-order valence-corrected chi connectivity index (χ4v) is 9.39. The highest BCUT2D eigenvalue weighted by Crippen LogP contribution is 2.74. The molecule has 0 aliphatic heterocycles. The van der Waals surface area contributed by atoms with Crippen LogP contribution in [0.4, 0.5) is 0 Å². The molecule has 5 rings (SSSR count). The van der Waals surface area contributed by atoms with Crippen molar-refractivity contribution in [3.05, 3.63) is 36.0 Å². The van der Waals surface area contributed by atoms with Crippen molar-refractivity contribution in [2.24, 2.45) is 39.4 Å². The normalized spacial score (nSPS) is 51.7. The first-order valence-corrected chi connectivity index (χ1v) is 12.5. The Kier molecular flexibility index (Phi) is 4.57. The lowest BCUT2D eigenvalue weighted by molar-refractivity contribution is -0.168. The summed E-state index contributed by atoms with van der Waals surface area (Å²) in [6.07, 6.45) is 11.5. The standard InChI is InChI=1S/C28H40O3/c1-17-8-13-28(24(30)31)15-14-26(4)20(21(28)16-17)6-7-23-25(3)11-10-22(29)18(2)19(25)9-12-27(23,26)5/h6,19,21-23,29H,1-2,7-16H2,3-5H3,(H,30,31)/t19-,21-,22-,23+,25-,26+,27+,28-/m0/s1. The summed E-state index contributed by atoms with van der Waals surface area (Å²) in [6, 6.07) is 0.